The Labute approximate surface area is 130 Å². The van der Waals surface area contributed by atoms with Gasteiger partial charge in [0.25, 0.3) is 0 Å². The average molecular weight is 295 g/mol. The number of anilines is 1. The molecule has 2 bridgehead atoms. The molecule has 3 fully saturated rings. The summed E-state index contributed by atoms with van der Waals surface area (Å²) in [4.78, 5) is 13.2. The van der Waals surface area contributed by atoms with Gasteiger partial charge in [-0.25, -0.2) is 0 Å². The van der Waals surface area contributed by atoms with Crippen LogP contribution in [0.4, 0.5) is 5.88 Å². The highest BCUT2D eigenvalue weighted by Crippen LogP contribution is 2.66. The summed E-state index contributed by atoms with van der Waals surface area (Å²) in [5, 5.41) is 4.61. The number of carbonyl (C=O) groups excluding carboxylic acids is 1. The largest absolute Gasteiger partial charge is 0.440 e. The number of furan rings is 1. The van der Waals surface area contributed by atoms with Crippen molar-refractivity contribution in [1.82, 2.24) is 0 Å². The van der Waals surface area contributed by atoms with E-state index in [0.29, 0.717) is 23.1 Å². The number of hydrogen-bond acceptors (Lipinski definition) is 3. The monoisotopic (exact) mass is 295 g/mol. The summed E-state index contributed by atoms with van der Waals surface area (Å²) in [6.45, 7) is 6.94. The van der Waals surface area contributed by atoms with Crippen LogP contribution in [0, 0.1) is 23.2 Å². The molecule has 4 atom stereocenters. The zero-order chi connectivity index (χ0) is 15.3. The Morgan fingerprint density at radius 1 is 1.18 bits per heavy atom. The normalized spacial score (nSPS) is 38.0. The molecule has 0 spiro atoms. The van der Waals surface area contributed by atoms with Crippen molar-refractivity contribution in [2.75, 3.05) is 5.32 Å². The van der Waals surface area contributed by atoms with Gasteiger partial charge in [0.15, 0.2) is 5.78 Å². The minimum absolute atomic E-state index is 0.0813. The van der Waals surface area contributed by atoms with Gasteiger partial charge in [0, 0.05) is 11.3 Å². The van der Waals surface area contributed by atoms with Crippen molar-refractivity contribution in [3.8, 4) is 0 Å². The first-order valence-corrected chi connectivity index (χ1v) is 8.27. The summed E-state index contributed by atoms with van der Waals surface area (Å²) in [7, 11) is 0. The number of carbonyl (C=O) groups is 1. The lowest BCUT2D eigenvalue weighted by atomic mass is 9.40. The van der Waals surface area contributed by atoms with Gasteiger partial charge in [0.05, 0.1) is 11.1 Å². The first-order valence-electron chi connectivity index (χ1n) is 8.27. The second kappa shape index (κ2) is 3.58. The molecule has 1 aromatic carbocycles. The fourth-order valence-corrected chi connectivity index (χ4v) is 5.56. The molecular weight excluding hydrogens is 274 g/mol. The molecule has 6 rings (SSSR count). The molecule has 2 aromatic rings. The van der Waals surface area contributed by atoms with Crippen LogP contribution in [0.2, 0.25) is 0 Å². The van der Waals surface area contributed by atoms with Crippen molar-refractivity contribution in [3.63, 3.8) is 0 Å². The van der Waals surface area contributed by atoms with Crippen LogP contribution in [0.5, 0.6) is 0 Å². The number of hydrogen-bond donors (Lipinski definition) is 1. The van der Waals surface area contributed by atoms with Gasteiger partial charge in [-0.1, -0.05) is 32.0 Å². The van der Waals surface area contributed by atoms with Crippen LogP contribution in [0.3, 0.4) is 0 Å². The first-order chi connectivity index (χ1) is 10.4. The van der Waals surface area contributed by atoms with Crippen molar-refractivity contribution >= 4 is 22.6 Å². The van der Waals surface area contributed by atoms with E-state index >= 15 is 0 Å². The van der Waals surface area contributed by atoms with E-state index in [1.165, 1.54) is 6.42 Å². The highest BCUT2D eigenvalue weighted by Gasteiger charge is 2.66. The van der Waals surface area contributed by atoms with Crippen LogP contribution in [-0.2, 0) is 0 Å². The van der Waals surface area contributed by atoms with E-state index in [2.05, 4.69) is 26.1 Å². The van der Waals surface area contributed by atoms with Gasteiger partial charge < -0.3 is 9.73 Å². The van der Waals surface area contributed by atoms with Crippen LogP contribution in [-0.4, -0.2) is 11.3 Å². The Morgan fingerprint density at radius 3 is 2.73 bits per heavy atom. The lowest BCUT2D eigenvalue weighted by Gasteiger charge is -2.67. The number of Topliss-reactive ketones (excluding diaryl/α,β-unsaturated/α-hetero) is 1. The lowest BCUT2D eigenvalue weighted by Crippen LogP contribution is -2.69. The van der Waals surface area contributed by atoms with Crippen molar-refractivity contribution in [2.45, 2.75) is 39.2 Å². The van der Waals surface area contributed by atoms with E-state index in [9.17, 15) is 4.79 Å². The van der Waals surface area contributed by atoms with Gasteiger partial charge in [0.1, 0.15) is 5.58 Å². The first kappa shape index (κ1) is 12.7. The third-order valence-corrected chi connectivity index (χ3v) is 6.98. The zero-order valence-electron chi connectivity index (χ0n) is 13.3. The smallest absolute Gasteiger partial charge is 0.205 e. The standard InChI is InChI=1S/C19H21NO2/c1-18(2)10-8-12-16(21)15-11-6-4-5-7-13(11)22-17(15)20-19(12,3)14(18)9-10/h4-7,10,12,14,20H,8-9H2,1-3H3. The molecule has 1 N–H and O–H groups in total. The lowest BCUT2D eigenvalue weighted by molar-refractivity contribution is -0.125. The SMILES string of the molecule is CC1(C)C2CC3C(=O)c4c(oc5ccccc45)NC3(C)C1C2. The molecule has 3 aliphatic carbocycles. The predicted octanol–water partition coefficient (Wildman–Crippen LogP) is 4.48. The molecule has 0 saturated heterocycles. The Bertz CT molecular complexity index is 818. The van der Waals surface area contributed by atoms with E-state index in [1.54, 1.807) is 0 Å². The van der Waals surface area contributed by atoms with Gasteiger partial charge >= 0.3 is 0 Å². The highest BCUT2D eigenvalue weighted by molar-refractivity contribution is 6.14. The summed E-state index contributed by atoms with van der Waals surface area (Å²) in [5.41, 5.74) is 1.73. The third-order valence-electron chi connectivity index (χ3n) is 6.98. The topological polar surface area (TPSA) is 42.2 Å². The maximum Gasteiger partial charge on any atom is 0.205 e. The molecule has 0 amide bonds. The van der Waals surface area contributed by atoms with Crippen molar-refractivity contribution in [2.24, 2.45) is 23.2 Å². The molecule has 114 valence electrons. The third kappa shape index (κ3) is 1.23. The van der Waals surface area contributed by atoms with E-state index in [-0.39, 0.29) is 17.2 Å². The molecule has 1 aliphatic heterocycles. The minimum atomic E-state index is -0.170. The Balaban J connectivity index is 1.71. The van der Waals surface area contributed by atoms with E-state index < -0.39 is 0 Å². The molecule has 2 heterocycles. The summed E-state index contributed by atoms with van der Waals surface area (Å²) < 4.78 is 5.98. The number of rotatable bonds is 0. The number of benzene rings is 1. The average Bonchev–Trinajstić information content (AvgIpc) is 2.83. The van der Waals surface area contributed by atoms with Crippen molar-refractivity contribution in [3.05, 3.63) is 29.8 Å². The van der Waals surface area contributed by atoms with Gasteiger partial charge in [-0.15, -0.1) is 0 Å². The molecule has 22 heavy (non-hydrogen) atoms. The Hall–Kier alpha value is -1.77. The molecular formula is C19H21NO2. The summed E-state index contributed by atoms with van der Waals surface area (Å²) >= 11 is 0. The Morgan fingerprint density at radius 2 is 1.95 bits per heavy atom. The summed E-state index contributed by atoms with van der Waals surface area (Å²) in [6, 6.07) is 7.86. The molecule has 4 unspecified atom stereocenters. The van der Waals surface area contributed by atoms with Gasteiger partial charge in [-0.3, -0.25) is 4.79 Å². The molecule has 4 aliphatic rings. The zero-order valence-corrected chi connectivity index (χ0v) is 13.3. The summed E-state index contributed by atoms with van der Waals surface area (Å²) in [6.07, 6.45) is 2.24. The van der Waals surface area contributed by atoms with E-state index in [0.717, 1.165) is 23.0 Å². The van der Waals surface area contributed by atoms with Crippen LogP contribution in [0.1, 0.15) is 44.0 Å². The molecule has 3 saturated carbocycles. The number of nitrogens with one attached hydrogen (secondary N) is 1. The van der Waals surface area contributed by atoms with Gasteiger partial charge in [-0.05, 0) is 43.1 Å². The maximum atomic E-state index is 13.2. The van der Waals surface area contributed by atoms with Gasteiger partial charge in [0.2, 0.25) is 5.88 Å². The fraction of sp³-hybridized carbons (Fsp3) is 0.526. The van der Waals surface area contributed by atoms with E-state index in [4.69, 9.17) is 4.42 Å². The Kier molecular flexibility index (Phi) is 2.08. The van der Waals surface area contributed by atoms with Crippen molar-refractivity contribution < 1.29 is 9.21 Å². The summed E-state index contributed by atoms with van der Waals surface area (Å²) in [5.74, 6) is 2.27. The molecule has 3 heteroatoms. The van der Waals surface area contributed by atoms with Crippen LogP contribution >= 0.6 is 0 Å². The fourth-order valence-electron chi connectivity index (χ4n) is 5.56. The van der Waals surface area contributed by atoms with E-state index in [1.807, 2.05) is 24.3 Å². The second-order valence-corrected chi connectivity index (χ2v) is 8.17. The van der Waals surface area contributed by atoms with Crippen LogP contribution in [0.25, 0.3) is 11.0 Å². The minimum Gasteiger partial charge on any atom is -0.440 e. The maximum absolute atomic E-state index is 13.2. The number of ketones is 1. The number of para-hydroxylation sites is 1. The number of fused-ring (bicyclic) bond motifs is 3. The molecule has 1 aromatic heterocycles. The van der Waals surface area contributed by atoms with Crippen LogP contribution < -0.4 is 5.32 Å². The molecule has 3 nitrogen and oxygen atoms in total. The van der Waals surface area contributed by atoms with Gasteiger partial charge in [-0.2, -0.15) is 0 Å². The van der Waals surface area contributed by atoms with Crippen molar-refractivity contribution in [1.29, 1.82) is 0 Å². The quantitative estimate of drug-likeness (QED) is 0.779. The van der Waals surface area contributed by atoms with Crippen LogP contribution in [0.15, 0.2) is 28.7 Å². The second-order valence-electron chi connectivity index (χ2n) is 8.17. The predicted molar refractivity (Wildman–Crippen MR) is 86.1 cm³/mol. The highest BCUT2D eigenvalue weighted by atomic mass is 16.4. The molecule has 0 radical (unpaired) electrons.